The highest BCUT2D eigenvalue weighted by molar-refractivity contribution is 7.99. The highest BCUT2D eigenvalue weighted by atomic mass is 32.2. The van der Waals surface area contributed by atoms with Crippen LogP contribution in [-0.2, 0) is 0 Å². The number of hydrogen-bond donors (Lipinski definition) is 0. The van der Waals surface area contributed by atoms with Crippen molar-refractivity contribution in [1.29, 1.82) is 0 Å². The van der Waals surface area contributed by atoms with Crippen molar-refractivity contribution in [2.24, 2.45) is 0 Å². The molecule has 4 aromatic rings. The molecule has 2 heteroatoms. The van der Waals surface area contributed by atoms with E-state index >= 15 is 0 Å². The lowest BCUT2D eigenvalue weighted by Crippen LogP contribution is -2.04. The Labute approximate surface area is 145 Å². The maximum atomic E-state index is 2.44. The van der Waals surface area contributed by atoms with Crippen LogP contribution >= 0.6 is 11.8 Å². The molecule has 2 heterocycles. The quantitative estimate of drug-likeness (QED) is 0.346. The fourth-order valence-corrected chi connectivity index (χ4v) is 4.79. The van der Waals surface area contributed by atoms with Gasteiger partial charge in [0.05, 0.1) is 16.9 Å². The first kappa shape index (κ1) is 13.9. The molecule has 1 aliphatic rings. The summed E-state index contributed by atoms with van der Waals surface area (Å²) >= 11 is 1.89. The summed E-state index contributed by atoms with van der Waals surface area (Å²) in [6.07, 6.45) is 0. The summed E-state index contributed by atoms with van der Waals surface area (Å²) in [6, 6.07) is 24.4. The third-order valence-corrected chi connectivity index (χ3v) is 5.75. The van der Waals surface area contributed by atoms with E-state index in [0.29, 0.717) is 0 Å². The predicted molar refractivity (Wildman–Crippen MR) is 102 cm³/mol. The van der Waals surface area contributed by atoms with Crippen LogP contribution in [0.1, 0.15) is 11.1 Å². The average Bonchev–Trinajstić information content (AvgIpc) is 2.97. The van der Waals surface area contributed by atoms with Crippen molar-refractivity contribution in [1.82, 2.24) is 4.57 Å². The van der Waals surface area contributed by atoms with E-state index in [1.165, 1.54) is 48.8 Å². The maximum absolute atomic E-state index is 2.44. The molecule has 0 amide bonds. The van der Waals surface area contributed by atoms with Crippen LogP contribution in [0, 0.1) is 13.8 Å². The molecule has 0 fully saturated rings. The van der Waals surface area contributed by atoms with E-state index in [4.69, 9.17) is 0 Å². The predicted octanol–water partition coefficient (Wildman–Crippen LogP) is 6.38. The van der Waals surface area contributed by atoms with E-state index in [2.05, 4.69) is 85.1 Å². The Hall–Kier alpha value is -2.45. The van der Waals surface area contributed by atoms with Crippen LogP contribution in [0.15, 0.2) is 76.5 Å². The third kappa shape index (κ3) is 1.96. The summed E-state index contributed by atoms with van der Waals surface area (Å²) in [7, 11) is 0. The molecule has 0 unspecified atom stereocenters. The number of aryl methyl sites for hydroxylation is 2. The van der Waals surface area contributed by atoms with Crippen LogP contribution in [0.3, 0.4) is 0 Å². The molecule has 0 aliphatic carbocycles. The molecular weight excluding hydrogens is 310 g/mol. The molecule has 1 aliphatic heterocycles. The number of hydrogen-bond acceptors (Lipinski definition) is 1. The van der Waals surface area contributed by atoms with Crippen molar-refractivity contribution in [3.05, 3.63) is 77.9 Å². The van der Waals surface area contributed by atoms with Crippen molar-refractivity contribution in [2.45, 2.75) is 23.6 Å². The Balaban J connectivity index is 1.94. The Morgan fingerprint density at radius 2 is 1.58 bits per heavy atom. The lowest BCUT2D eigenvalue weighted by atomic mass is 10.1. The molecule has 0 saturated heterocycles. The minimum Gasteiger partial charge on any atom is -0.307 e. The van der Waals surface area contributed by atoms with Crippen LogP contribution in [0.2, 0.25) is 0 Å². The second-order valence-corrected chi connectivity index (χ2v) is 7.59. The molecule has 0 radical (unpaired) electrons. The molecule has 0 N–H and O–H groups in total. The summed E-state index contributed by atoms with van der Waals surface area (Å²) in [6.45, 7) is 4.35. The molecule has 24 heavy (non-hydrogen) atoms. The molecule has 116 valence electrons. The first-order valence-electron chi connectivity index (χ1n) is 8.21. The van der Waals surface area contributed by atoms with E-state index in [9.17, 15) is 0 Å². The molecule has 1 aromatic heterocycles. The number of benzene rings is 3. The van der Waals surface area contributed by atoms with Crippen molar-refractivity contribution in [3.63, 3.8) is 0 Å². The zero-order chi connectivity index (χ0) is 16.3. The first-order chi connectivity index (χ1) is 11.7. The molecule has 0 bridgehead atoms. The third-order valence-electron chi connectivity index (χ3n) is 4.65. The smallest absolute Gasteiger partial charge is 0.0675 e. The summed E-state index contributed by atoms with van der Waals surface area (Å²) in [5, 5.41) is 1.32. The second kappa shape index (κ2) is 5.02. The van der Waals surface area contributed by atoms with Crippen LogP contribution < -0.4 is 0 Å². The summed E-state index contributed by atoms with van der Waals surface area (Å²) in [5.41, 5.74) is 7.78. The van der Waals surface area contributed by atoms with Crippen molar-refractivity contribution >= 4 is 22.7 Å². The molecule has 5 rings (SSSR count). The van der Waals surface area contributed by atoms with Crippen molar-refractivity contribution < 1.29 is 0 Å². The summed E-state index contributed by atoms with van der Waals surface area (Å²) in [5.74, 6) is 0. The fraction of sp³-hybridized carbons (Fsp3) is 0.0909. The zero-order valence-electron chi connectivity index (χ0n) is 13.7. The summed E-state index contributed by atoms with van der Waals surface area (Å²) in [4.78, 5) is 2.68. The second-order valence-electron chi connectivity index (χ2n) is 6.51. The van der Waals surface area contributed by atoms with Crippen LogP contribution in [0.4, 0.5) is 0 Å². The zero-order valence-corrected chi connectivity index (χ0v) is 14.5. The molecule has 0 spiro atoms. The standard InChI is InChI=1S/C22H17NS/c1-14-8-9-20-19(11-14)23-18(16-6-4-3-5-7-16)13-17-10-15(2)12-21(24-20)22(17)23/h3-13H,1-2H3. The van der Waals surface area contributed by atoms with Crippen molar-refractivity contribution in [3.8, 4) is 16.9 Å². The number of rotatable bonds is 1. The normalized spacial score (nSPS) is 12.4. The Morgan fingerprint density at radius 3 is 2.42 bits per heavy atom. The topological polar surface area (TPSA) is 4.93 Å². The van der Waals surface area contributed by atoms with Gasteiger partial charge in [-0.1, -0.05) is 48.2 Å². The Bertz CT molecular complexity index is 1090. The van der Waals surface area contributed by atoms with Gasteiger partial charge in [-0.05, 0) is 60.9 Å². The van der Waals surface area contributed by atoms with Crippen molar-refractivity contribution in [2.75, 3.05) is 0 Å². The largest absolute Gasteiger partial charge is 0.307 e. The van der Waals surface area contributed by atoms with Gasteiger partial charge in [0.25, 0.3) is 0 Å². The lowest BCUT2D eigenvalue weighted by molar-refractivity contribution is 1.05. The van der Waals surface area contributed by atoms with Crippen LogP contribution in [-0.4, -0.2) is 4.57 Å². The summed E-state index contributed by atoms with van der Waals surface area (Å²) < 4.78 is 2.44. The van der Waals surface area contributed by atoms with E-state index in [-0.39, 0.29) is 0 Å². The van der Waals surface area contributed by atoms with Gasteiger partial charge in [-0.25, -0.2) is 0 Å². The molecule has 0 atom stereocenters. The number of nitrogens with zero attached hydrogens (tertiary/aromatic N) is 1. The Morgan fingerprint density at radius 1 is 0.750 bits per heavy atom. The van der Waals surface area contributed by atoms with Gasteiger partial charge in [-0.15, -0.1) is 0 Å². The number of fused-ring (bicyclic) bond motifs is 2. The van der Waals surface area contributed by atoms with Crippen LogP contribution in [0.5, 0.6) is 0 Å². The van der Waals surface area contributed by atoms with Gasteiger partial charge in [0, 0.05) is 15.2 Å². The highest BCUT2D eigenvalue weighted by Gasteiger charge is 2.23. The fourth-order valence-electron chi connectivity index (χ4n) is 3.61. The maximum Gasteiger partial charge on any atom is 0.0675 e. The molecular formula is C22H17NS. The van der Waals surface area contributed by atoms with Gasteiger partial charge in [0.2, 0.25) is 0 Å². The van der Waals surface area contributed by atoms with E-state index < -0.39 is 0 Å². The lowest BCUT2D eigenvalue weighted by Gasteiger charge is -2.22. The first-order valence-corrected chi connectivity index (χ1v) is 9.03. The van der Waals surface area contributed by atoms with Gasteiger partial charge in [0.1, 0.15) is 0 Å². The van der Waals surface area contributed by atoms with E-state index in [1.807, 2.05) is 11.8 Å². The van der Waals surface area contributed by atoms with Gasteiger partial charge < -0.3 is 4.57 Å². The highest BCUT2D eigenvalue weighted by Crippen LogP contribution is 2.46. The SMILES string of the molecule is Cc1ccc2c(c1)-n1c(-c3ccccc3)cc3cc(C)cc(c31)S2. The molecule has 0 saturated carbocycles. The van der Waals surface area contributed by atoms with Gasteiger partial charge in [-0.3, -0.25) is 0 Å². The Kier molecular flexibility index (Phi) is 2.92. The number of aromatic nitrogens is 1. The van der Waals surface area contributed by atoms with Crippen LogP contribution in [0.25, 0.3) is 27.8 Å². The minimum atomic E-state index is 1.26. The van der Waals surface area contributed by atoms with E-state index in [0.717, 1.165) is 0 Å². The molecule has 1 nitrogen and oxygen atoms in total. The van der Waals surface area contributed by atoms with Gasteiger partial charge in [0.15, 0.2) is 0 Å². The average molecular weight is 327 g/mol. The molecule has 3 aromatic carbocycles. The minimum absolute atomic E-state index is 1.26. The van der Waals surface area contributed by atoms with Gasteiger partial charge >= 0.3 is 0 Å². The van der Waals surface area contributed by atoms with E-state index in [1.54, 1.807) is 0 Å². The monoisotopic (exact) mass is 327 g/mol. The van der Waals surface area contributed by atoms with Gasteiger partial charge in [-0.2, -0.15) is 0 Å².